The maximum Gasteiger partial charge on any atom is 0.262 e. The van der Waals surface area contributed by atoms with Crippen LogP contribution in [-0.4, -0.2) is 41.3 Å². The molecule has 0 aliphatic carbocycles. The number of carbonyl (C=O) groups excluding carboxylic acids is 1. The van der Waals surface area contributed by atoms with Crippen LogP contribution in [0.5, 0.6) is 0 Å². The number of amides is 1. The second-order valence-corrected chi connectivity index (χ2v) is 8.77. The van der Waals surface area contributed by atoms with Gasteiger partial charge in [0, 0.05) is 32.0 Å². The molecular formula is C18H24N4O3S. The van der Waals surface area contributed by atoms with E-state index in [-0.39, 0.29) is 23.4 Å². The maximum atomic E-state index is 12.7. The Bertz CT molecular complexity index is 920. The van der Waals surface area contributed by atoms with E-state index in [9.17, 15) is 13.2 Å². The average Bonchev–Trinajstić information content (AvgIpc) is 3.05. The van der Waals surface area contributed by atoms with Gasteiger partial charge in [0.25, 0.3) is 10.0 Å². The van der Waals surface area contributed by atoms with Gasteiger partial charge in [-0.05, 0) is 38.3 Å². The van der Waals surface area contributed by atoms with E-state index in [1.165, 1.54) is 16.8 Å². The molecule has 1 aromatic heterocycles. The highest BCUT2D eigenvalue weighted by Gasteiger charge is 2.34. The molecule has 0 spiro atoms. The minimum atomic E-state index is -3.67. The van der Waals surface area contributed by atoms with Crippen LogP contribution < -0.4 is 5.32 Å². The third-order valence-corrected chi connectivity index (χ3v) is 6.43. The summed E-state index contributed by atoms with van der Waals surface area (Å²) in [6.45, 7) is 4.53. The topological polar surface area (TPSA) is 84.3 Å². The summed E-state index contributed by atoms with van der Waals surface area (Å²) >= 11 is 0. The Labute approximate surface area is 154 Å². The maximum absolute atomic E-state index is 12.7. The fourth-order valence-corrected chi connectivity index (χ4v) is 4.71. The van der Waals surface area contributed by atoms with Gasteiger partial charge in [-0.15, -0.1) is 0 Å². The molecule has 1 N–H and O–H groups in total. The summed E-state index contributed by atoms with van der Waals surface area (Å²) in [5.41, 5.74) is 2.89. The van der Waals surface area contributed by atoms with Crippen molar-refractivity contribution in [1.82, 2.24) is 13.9 Å². The van der Waals surface area contributed by atoms with Gasteiger partial charge in [0.2, 0.25) is 5.91 Å². The first kappa shape index (κ1) is 18.6. The Hall–Kier alpha value is -2.19. The highest BCUT2D eigenvalue weighted by molar-refractivity contribution is 7.89. The van der Waals surface area contributed by atoms with Crippen molar-refractivity contribution < 1.29 is 13.2 Å². The number of anilines is 1. The zero-order valence-corrected chi connectivity index (χ0v) is 16.1. The molecule has 1 aromatic carbocycles. The lowest BCUT2D eigenvalue weighted by atomic mass is 9.98. The summed E-state index contributed by atoms with van der Waals surface area (Å²) in [4.78, 5) is 16.6. The first-order chi connectivity index (χ1) is 12.3. The van der Waals surface area contributed by atoms with Crippen LogP contribution in [0.3, 0.4) is 0 Å². The van der Waals surface area contributed by atoms with Crippen molar-refractivity contribution >= 4 is 21.6 Å². The van der Waals surface area contributed by atoms with Gasteiger partial charge < -0.3 is 9.88 Å². The number of nitrogens with zero attached hydrogens (tertiary/aromatic N) is 3. The summed E-state index contributed by atoms with van der Waals surface area (Å²) in [5, 5.41) is 2.97. The molecule has 0 unspecified atom stereocenters. The minimum absolute atomic E-state index is 0.0236. The van der Waals surface area contributed by atoms with E-state index in [0.717, 1.165) is 16.8 Å². The normalized spacial score (nSPS) is 18.7. The second kappa shape index (κ2) is 7.20. The van der Waals surface area contributed by atoms with Gasteiger partial charge in [-0.1, -0.05) is 17.7 Å². The number of piperidine rings is 1. The summed E-state index contributed by atoms with van der Waals surface area (Å²) < 4.78 is 28.4. The van der Waals surface area contributed by atoms with Gasteiger partial charge in [-0.25, -0.2) is 13.4 Å². The fourth-order valence-electron chi connectivity index (χ4n) is 3.22. The molecule has 1 amide bonds. The van der Waals surface area contributed by atoms with E-state index in [1.54, 1.807) is 11.6 Å². The molecule has 2 aromatic rings. The Morgan fingerprint density at radius 3 is 2.73 bits per heavy atom. The van der Waals surface area contributed by atoms with Gasteiger partial charge in [0.15, 0.2) is 5.03 Å². The summed E-state index contributed by atoms with van der Waals surface area (Å²) in [7, 11) is -1.95. The van der Waals surface area contributed by atoms with E-state index in [4.69, 9.17) is 0 Å². The zero-order chi connectivity index (χ0) is 18.9. The molecule has 1 aliphatic rings. The molecule has 0 radical (unpaired) electrons. The monoisotopic (exact) mass is 376 g/mol. The molecule has 7 nitrogen and oxygen atoms in total. The average molecular weight is 376 g/mol. The number of nitrogens with one attached hydrogen (secondary N) is 1. The smallest absolute Gasteiger partial charge is 0.262 e. The standard InChI is InChI=1S/C18H24N4O3S/c1-13-6-7-16(14(2)9-13)20-18(23)15-5-4-8-22(10-15)26(24,25)17-11-21(3)12-19-17/h6-7,9,11-12,15H,4-5,8,10H2,1-3H3,(H,20,23)/t15-/m0/s1. The van der Waals surface area contributed by atoms with Crippen molar-refractivity contribution in [3.63, 3.8) is 0 Å². The lowest BCUT2D eigenvalue weighted by Gasteiger charge is -2.30. The Balaban J connectivity index is 1.72. The zero-order valence-electron chi connectivity index (χ0n) is 15.3. The Morgan fingerprint density at radius 2 is 2.08 bits per heavy atom. The van der Waals surface area contributed by atoms with Crippen molar-refractivity contribution in [1.29, 1.82) is 0 Å². The molecule has 1 atom stereocenters. The largest absolute Gasteiger partial charge is 0.339 e. The van der Waals surface area contributed by atoms with Crippen LogP contribution in [0.25, 0.3) is 0 Å². The van der Waals surface area contributed by atoms with E-state index >= 15 is 0 Å². The minimum Gasteiger partial charge on any atom is -0.339 e. The number of aryl methyl sites for hydroxylation is 3. The summed E-state index contributed by atoms with van der Waals surface area (Å²) in [5.74, 6) is -0.513. The third-order valence-electron chi connectivity index (χ3n) is 4.68. The fraction of sp³-hybridized carbons (Fsp3) is 0.444. The second-order valence-electron chi connectivity index (χ2n) is 6.89. The highest BCUT2D eigenvalue weighted by atomic mass is 32.2. The Morgan fingerprint density at radius 1 is 1.31 bits per heavy atom. The molecule has 0 saturated carbocycles. The molecule has 1 saturated heterocycles. The van der Waals surface area contributed by atoms with E-state index < -0.39 is 10.0 Å². The van der Waals surface area contributed by atoms with Crippen LogP contribution in [0.1, 0.15) is 24.0 Å². The molecule has 26 heavy (non-hydrogen) atoms. The predicted octanol–water partition coefficient (Wildman–Crippen LogP) is 2.08. The van der Waals surface area contributed by atoms with Crippen LogP contribution in [0.15, 0.2) is 35.7 Å². The molecule has 3 rings (SSSR count). The van der Waals surface area contributed by atoms with Crippen molar-refractivity contribution in [3.05, 3.63) is 41.9 Å². The number of sulfonamides is 1. The van der Waals surface area contributed by atoms with Crippen LogP contribution in [0.2, 0.25) is 0 Å². The number of aromatic nitrogens is 2. The number of hydrogen-bond acceptors (Lipinski definition) is 4. The molecular weight excluding hydrogens is 352 g/mol. The first-order valence-corrected chi connectivity index (χ1v) is 10.1. The van der Waals surface area contributed by atoms with Crippen molar-refractivity contribution in [2.24, 2.45) is 13.0 Å². The first-order valence-electron chi connectivity index (χ1n) is 8.63. The SMILES string of the molecule is Cc1ccc(NC(=O)[C@H]2CCCN(S(=O)(=O)c3cn(C)cn3)C2)c(C)c1. The van der Waals surface area contributed by atoms with Crippen LogP contribution in [0, 0.1) is 19.8 Å². The highest BCUT2D eigenvalue weighted by Crippen LogP contribution is 2.25. The quantitative estimate of drug-likeness (QED) is 0.885. The van der Waals surface area contributed by atoms with Crippen molar-refractivity contribution in [2.75, 3.05) is 18.4 Å². The van der Waals surface area contributed by atoms with Gasteiger partial charge in [-0.2, -0.15) is 4.31 Å². The third kappa shape index (κ3) is 3.81. The lowest BCUT2D eigenvalue weighted by Crippen LogP contribution is -2.43. The summed E-state index contributed by atoms with van der Waals surface area (Å²) in [6, 6.07) is 5.84. The molecule has 1 aliphatic heterocycles. The molecule has 8 heteroatoms. The summed E-state index contributed by atoms with van der Waals surface area (Å²) in [6.07, 6.45) is 4.26. The van der Waals surface area contributed by atoms with Gasteiger partial charge in [0.1, 0.15) is 0 Å². The number of benzene rings is 1. The predicted molar refractivity (Wildman–Crippen MR) is 99.2 cm³/mol. The van der Waals surface area contributed by atoms with Crippen LogP contribution >= 0.6 is 0 Å². The number of rotatable bonds is 4. The molecule has 140 valence electrons. The number of hydrogen-bond donors (Lipinski definition) is 1. The van der Waals surface area contributed by atoms with E-state index in [1.807, 2.05) is 32.0 Å². The van der Waals surface area contributed by atoms with Crippen molar-refractivity contribution in [3.8, 4) is 0 Å². The van der Waals surface area contributed by atoms with E-state index in [0.29, 0.717) is 19.4 Å². The van der Waals surface area contributed by atoms with Crippen molar-refractivity contribution in [2.45, 2.75) is 31.7 Å². The number of carbonyl (C=O) groups is 1. The number of imidazole rings is 1. The molecule has 1 fully saturated rings. The van der Waals surface area contributed by atoms with Crippen LogP contribution in [0.4, 0.5) is 5.69 Å². The lowest BCUT2D eigenvalue weighted by molar-refractivity contribution is -0.120. The van der Waals surface area contributed by atoms with E-state index in [2.05, 4.69) is 10.3 Å². The molecule has 0 bridgehead atoms. The van der Waals surface area contributed by atoms with Gasteiger partial charge in [-0.3, -0.25) is 4.79 Å². The molecule has 2 heterocycles. The van der Waals surface area contributed by atoms with Gasteiger partial charge >= 0.3 is 0 Å². The Kier molecular flexibility index (Phi) is 5.15. The van der Waals surface area contributed by atoms with Gasteiger partial charge in [0.05, 0.1) is 12.2 Å². The van der Waals surface area contributed by atoms with Crippen LogP contribution in [-0.2, 0) is 21.9 Å².